The van der Waals surface area contributed by atoms with Crippen LogP contribution in [0.2, 0.25) is 0 Å². The molecule has 0 aliphatic rings. The summed E-state index contributed by atoms with van der Waals surface area (Å²) in [6.45, 7) is 0. The zero-order valence-corrected chi connectivity index (χ0v) is 10.3. The quantitative estimate of drug-likeness (QED) is 0.505. The van der Waals surface area contributed by atoms with Crippen LogP contribution < -0.4 is 5.73 Å². The molecular formula is C11H10BrF4N. The van der Waals surface area contributed by atoms with Crippen molar-refractivity contribution in [1.29, 1.82) is 0 Å². The van der Waals surface area contributed by atoms with Crippen LogP contribution in [0.4, 0.5) is 23.2 Å². The van der Waals surface area contributed by atoms with Gasteiger partial charge in [-0.2, -0.15) is 13.2 Å². The van der Waals surface area contributed by atoms with Gasteiger partial charge in [0.25, 0.3) is 0 Å². The van der Waals surface area contributed by atoms with Crippen LogP contribution >= 0.6 is 15.9 Å². The summed E-state index contributed by atoms with van der Waals surface area (Å²) < 4.78 is 51.1. The lowest BCUT2D eigenvalue weighted by Crippen LogP contribution is -2.09. The minimum atomic E-state index is -4.55. The van der Waals surface area contributed by atoms with E-state index in [0.717, 1.165) is 6.07 Å². The molecule has 17 heavy (non-hydrogen) atoms. The molecule has 0 bridgehead atoms. The lowest BCUT2D eigenvalue weighted by Gasteiger charge is -2.11. The number of benzene rings is 1. The molecule has 0 amide bonds. The number of allylic oxidation sites excluding steroid dienone is 1. The Morgan fingerprint density at radius 1 is 1.29 bits per heavy atom. The minimum absolute atomic E-state index is 0.217. The Hall–Kier alpha value is -1.04. The predicted molar refractivity (Wildman–Crippen MR) is 63.3 cm³/mol. The van der Waals surface area contributed by atoms with Gasteiger partial charge in [-0.05, 0) is 24.1 Å². The Kier molecular flexibility index (Phi) is 4.56. The third kappa shape index (κ3) is 3.73. The minimum Gasteiger partial charge on any atom is -0.396 e. The Morgan fingerprint density at radius 3 is 2.47 bits per heavy atom. The molecule has 1 aromatic carbocycles. The monoisotopic (exact) mass is 311 g/mol. The number of halogens is 5. The van der Waals surface area contributed by atoms with Crippen LogP contribution in [0.1, 0.15) is 17.5 Å². The Morgan fingerprint density at radius 2 is 1.94 bits per heavy atom. The lowest BCUT2D eigenvalue weighted by molar-refractivity contribution is -0.137. The van der Waals surface area contributed by atoms with Crippen LogP contribution in [0.3, 0.4) is 0 Å². The molecule has 1 rings (SSSR count). The average molecular weight is 312 g/mol. The predicted octanol–water partition coefficient (Wildman–Crippen LogP) is 4.22. The van der Waals surface area contributed by atoms with Crippen LogP contribution in [-0.4, -0.2) is 5.33 Å². The zero-order valence-electron chi connectivity index (χ0n) is 8.69. The fraction of sp³-hybridized carbons (Fsp3) is 0.273. The molecule has 0 atom stereocenters. The molecule has 2 N–H and O–H groups in total. The third-order valence-electron chi connectivity index (χ3n) is 2.05. The number of nitrogens with two attached hydrogens (primary N) is 1. The molecule has 0 saturated carbocycles. The SMILES string of the molecule is Nc1cc(C(F)(F)F)c(C=CCCBr)cc1F. The highest BCUT2D eigenvalue weighted by Gasteiger charge is 2.33. The molecule has 0 aliphatic heterocycles. The van der Waals surface area contributed by atoms with E-state index in [1.54, 1.807) is 0 Å². The molecule has 0 aromatic heterocycles. The van der Waals surface area contributed by atoms with Crippen molar-refractivity contribution < 1.29 is 17.6 Å². The van der Waals surface area contributed by atoms with E-state index in [1.807, 2.05) is 0 Å². The smallest absolute Gasteiger partial charge is 0.396 e. The molecule has 0 saturated heterocycles. The number of alkyl halides is 4. The maximum absolute atomic E-state index is 13.1. The fourth-order valence-corrected chi connectivity index (χ4v) is 1.53. The highest BCUT2D eigenvalue weighted by Crippen LogP contribution is 2.34. The summed E-state index contributed by atoms with van der Waals surface area (Å²) in [5, 5.41) is 0.627. The van der Waals surface area contributed by atoms with Crippen molar-refractivity contribution in [2.45, 2.75) is 12.6 Å². The molecule has 94 valence electrons. The maximum Gasteiger partial charge on any atom is 0.417 e. The lowest BCUT2D eigenvalue weighted by atomic mass is 10.0. The Bertz CT molecular complexity index is 426. The van der Waals surface area contributed by atoms with Crippen LogP contribution in [0.5, 0.6) is 0 Å². The van der Waals surface area contributed by atoms with Crippen molar-refractivity contribution in [3.05, 3.63) is 35.2 Å². The van der Waals surface area contributed by atoms with Gasteiger partial charge < -0.3 is 5.73 Å². The number of hydrogen-bond donors (Lipinski definition) is 1. The molecule has 0 unspecified atom stereocenters. The molecular weight excluding hydrogens is 302 g/mol. The second-order valence-electron chi connectivity index (χ2n) is 3.34. The van der Waals surface area contributed by atoms with Crippen LogP contribution in [0, 0.1) is 5.82 Å². The summed E-state index contributed by atoms with van der Waals surface area (Å²) in [5.41, 5.74) is 3.48. The van der Waals surface area contributed by atoms with Gasteiger partial charge in [0.2, 0.25) is 0 Å². The largest absolute Gasteiger partial charge is 0.417 e. The normalized spacial score (nSPS) is 12.3. The third-order valence-corrected chi connectivity index (χ3v) is 2.51. The topological polar surface area (TPSA) is 26.0 Å². The Balaban J connectivity index is 3.22. The highest BCUT2D eigenvalue weighted by atomic mass is 79.9. The molecule has 6 heteroatoms. The molecule has 0 radical (unpaired) electrons. The van der Waals surface area contributed by atoms with Gasteiger partial charge in [0, 0.05) is 5.33 Å². The van der Waals surface area contributed by atoms with Crippen molar-refractivity contribution in [3.8, 4) is 0 Å². The number of anilines is 1. The van der Waals surface area contributed by atoms with E-state index in [9.17, 15) is 17.6 Å². The first-order valence-corrected chi connectivity index (χ1v) is 5.87. The van der Waals surface area contributed by atoms with Gasteiger partial charge in [0.1, 0.15) is 5.82 Å². The molecule has 0 fully saturated rings. The molecule has 0 spiro atoms. The number of rotatable bonds is 3. The number of nitrogen functional groups attached to an aromatic ring is 1. The molecule has 0 heterocycles. The van der Waals surface area contributed by atoms with Crippen molar-refractivity contribution in [1.82, 2.24) is 0 Å². The van der Waals surface area contributed by atoms with E-state index < -0.39 is 23.2 Å². The first-order valence-electron chi connectivity index (χ1n) is 4.75. The van der Waals surface area contributed by atoms with Crippen molar-refractivity contribution in [3.63, 3.8) is 0 Å². The Labute approximate surface area is 104 Å². The standard InChI is InChI=1S/C11H10BrF4N/c12-4-2-1-3-7-5-9(13)10(17)6-8(7)11(14,15)16/h1,3,5-6H,2,4,17H2. The van der Waals surface area contributed by atoms with Crippen LogP contribution in [0.25, 0.3) is 6.08 Å². The van der Waals surface area contributed by atoms with Gasteiger partial charge in [-0.3, -0.25) is 0 Å². The van der Waals surface area contributed by atoms with E-state index in [4.69, 9.17) is 5.73 Å². The van der Waals surface area contributed by atoms with E-state index in [-0.39, 0.29) is 5.56 Å². The fourth-order valence-electron chi connectivity index (χ4n) is 1.26. The van der Waals surface area contributed by atoms with Crippen molar-refractivity contribution in [2.24, 2.45) is 0 Å². The van der Waals surface area contributed by atoms with E-state index in [1.165, 1.54) is 12.2 Å². The highest BCUT2D eigenvalue weighted by molar-refractivity contribution is 9.09. The first kappa shape index (κ1) is 14.0. The van der Waals surface area contributed by atoms with E-state index in [2.05, 4.69) is 15.9 Å². The van der Waals surface area contributed by atoms with Gasteiger partial charge in [-0.15, -0.1) is 0 Å². The number of hydrogen-bond acceptors (Lipinski definition) is 1. The summed E-state index contributed by atoms with van der Waals surface area (Å²) >= 11 is 3.14. The van der Waals surface area contributed by atoms with E-state index in [0.29, 0.717) is 17.8 Å². The summed E-state index contributed by atoms with van der Waals surface area (Å²) in [5.74, 6) is -0.850. The summed E-state index contributed by atoms with van der Waals surface area (Å²) in [6.07, 6.45) is -1.21. The van der Waals surface area contributed by atoms with Gasteiger partial charge in [0.15, 0.2) is 0 Å². The van der Waals surface area contributed by atoms with Gasteiger partial charge in [0.05, 0.1) is 11.3 Å². The summed E-state index contributed by atoms with van der Waals surface area (Å²) in [6, 6.07) is 1.41. The summed E-state index contributed by atoms with van der Waals surface area (Å²) in [7, 11) is 0. The zero-order chi connectivity index (χ0) is 13.1. The van der Waals surface area contributed by atoms with E-state index >= 15 is 0 Å². The molecule has 1 aromatic rings. The average Bonchev–Trinajstić information content (AvgIpc) is 2.21. The second kappa shape index (κ2) is 5.53. The van der Waals surface area contributed by atoms with Gasteiger partial charge >= 0.3 is 6.18 Å². The summed E-state index contributed by atoms with van der Waals surface area (Å²) in [4.78, 5) is 0. The van der Waals surface area contributed by atoms with Crippen LogP contribution in [-0.2, 0) is 6.18 Å². The molecule has 1 nitrogen and oxygen atoms in total. The van der Waals surface area contributed by atoms with Gasteiger partial charge in [-0.1, -0.05) is 28.1 Å². The maximum atomic E-state index is 13.1. The van der Waals surface area contributed by atoms with Crippen molar-refractivity contribution in [2.75, 3.05) is 11.1 Å². The first-order chi connectivity index (χ1) is 7.86. The van der Waals surface area contributed by atoms with Crippen LogP contribution in [0.15, 0.2) is 18.2 Å². The second-order valence-corrected chi connectivity index (χ2v) is 4.13. The molecule has 0 aliphatic carbocycles. The van der Waals surface area contributed by atoms with Crippen molar-refractivity contribution >= 4 is 27.7 Å². The van der Waals surface area contributed by atoms with Gasteiger partial charge in [-0.25, -0.2) is 4.39 Å².